The number of fused-ring (bicyclic) bond motifs is 1. The molecule has 26 heavy (non-hydrogen) atoms. The van der Waals surface area contributed by atoms with E-state index < -0.39 is 6.04 Å². The van der Waals surface area contributed by atoms with Crippen LogP contribution in [0.15, 0.2) is 48.5 Å². The molecule has 0 aromatic heterocycles. The first-order valence-electron chi connectivity index (χ1n) is 8.54. The zero-order valence-corrected chi connectivity index (χ0v) is 14.9. The Kier molecular flexibility index (Phi) is 5.41. The zero-order chi connectivity index (χ0) is 18.5. The molecule has 2 amide bonds. The van der Waals surface area contributed by atoms with Crippen molar-refractivity contribution in [1.82, 2.24) is 10.2 Å². The number of hydrogen-bond acceptors (Lipinski definition) is 4. The van der Waals surface area contributed by atoms with Crippen molar-refractivity contribution in [2.24, 2.45) is 0 Å². The molecule has 1 atom stereocenters. The van der Waals surface area contributed by atoms with Crippen LogP contribution < -0.4 is 14.8 Å². The SMILES string of the molecule is CC(NC(=O)c1ccccc1)C(=O)N(C)Cc1ccc2c(c1)OCCO2. The molecule has 2 aromatic carbocycles. The highest BCUT2D eigenvalue weighted by Crippen LogP contribution is 2.31. The Morgan fingerprint density at radius 3 is 2.50 bits per heavy atom. The number of likely N-dealkylation sites (N-methyl/N-ethyl adjacent to an activating group) is 1. The van der Waals surface area contributed by atoms with E-state index in [0.29, 0.717) is 31.1 Å². The molecule has 1 unspecified atom stereocenters. The summed E-state index contributed by atoms with van der Waals surface area (Å²) in [6.45, 7) is 3.17. The molecule has 0 bridgehead atoms. The quantitative estimate of drug-likeness (QED) is 0.894. The molecule has 1 heterocycles. The molecule has 6 heteroatoms. The first-order valence-corrected chi connectivity index (χ1v) is 8.54. The molecule has 2 aromatic rings. The van der Waals surface area contributed by atoms with Gasteiger partial charge in [-0.15, -0.1) is 0 Å². The van der Waals surface area contributed by atoms with Gasteiger partial charge < -0.3 is 19.7 Å². The van der Waals surface area contributed by atoms with Gasteiger partial charge in [-0.2, -0.15) is 0 Å². The molecular weight excluding hydrogens is 332 g/mol. The monoisotopic (exact) mass is 354 g/mol. The van der Waals surface area contributed by atoms with Gasteiger partial charge in [-0.1, -0.05) is 24.3 Å². The zero-order valence-electron chi connectivity index (χ0n) is 14.9. The maximum absolute atomic E-state index is 12.6. The first kappa shape index (κ1) is 17.8. The van der Waals surface area contributed by atoms with E-state index in [1.165, 1.54) is 0 Å². The highest BCUT2D eigenvalue weighted by molar-refractivity contribution is 5.97. The molecule has 6 nitrogen and oxygen atoms in total. The summed E-state index contributed by atoms with van der Waals surface area (Å²) in [6.07, 6.45) is 0. The number of benzene rings is 2. The summed E-state index contributed by atoms with van der Waals surface area (Å²) < 4.78 is 11.1. The summed E-state index contributed by atoms with van der Waals surface area (Å²) >= 11 is 0. The van der Waals surface area contributed by atoms with Crippen molar-refractivity contribution in [3.63, 3.8) is 0 Å². The van der Waals surface area contributed by atoms with Gasteiger partial charge in [0.15, 0.2) is 11.5 Å². The van der Waals surface area contributed by atoms with E-state index in [9.17, 15) is 9.59 Å². The van der Waals surface area contributed by atoms with Crippen molar-refractivity contribution in [2.45, 2.75) is 19.5 Å². The number of hydrogen-bond donors (Lipinski definition) is 1. The van der Waals surface area contributed by atoms with E-state index >= 15 is 0 Å². The van der Waals surface area contributed by atoms with Crippen LogP contribution in [0.3, 0.4) is 0 Å². The second-order valence-electron chi connectivity index (χ2n) is 6.23. The maximum atomic E-state index is 12.6. The van der Waals surface area contributed by atoms with Crippen molar-refractivity contribution in [1.29, 1.82) is 0 Å². The van der Waals surface area contributed by atoms with Crippen LogP contribution in [0.25, 0.3) is 0 Å². The van der Waals surface area contributed by atoms with Gasteiger partial charge in [-0.25, -0.2) is 0 Å². The summed E-state index contributed by atoms with van der Waals surface area (Å²) in [5.74, 6) is 0.987. The van der Waals surface area contributed by atoms with Crippen LogP contribution in [0.4, 0.5) is 0 Å². The number of rotatable bonds is 5. The summed E-state index contributed by atoms with van der Waals surface area (Å²) in [4.78, 5) is 26.3. The molecule has 3 rings (SSSR count). The summed E-state index contributed by atoms with van der Waals surface area (Å²) in [5, 5.41) is 2.74. The fourth-order valence-corrected chi connectivity index (χ4v) is 2.80. The fourth-order valence-electron chi connectivity index (χ4n) is 2.80. The number of ether oxygens (including phenoxy) is 2. The highest BCUT2D eigenvalue weighted by atomic mass is 16.6. The van der Waals surface area contributed by atoms with E-state index in [1.807, 2.05) is 24.3 Å². The molecule has 0 saturated heterocycles. The molecule has 0 aliphatic carbocycles. The number of amides is 2. The van der Waals surface area contributed by atoms with Gasteiger partial charge in [0, 0.05) is 19.2 Å². The molecule has 0 saturated carbocycles. The third-order valence-corrected chi connectivity index (χ3v) is 4.16. The predicted octanol–water partition coefficient (Wildman–Crippen LogP) is 2.23. The Hall–Kier alpha value is -3.02. The van der Waals surface area contributed by atoms with Crippen molar-refractivity contribution < 1.29 is 19.1 Å². The molecule has 0 fully saturated rings. The number of carbonyl (C=O) groups excluding carboxylic acids is 2. The fraction of sp³-hybridized carbons (Fsp3) is 0.300. The third-order valence-electron chi connectivity index (χ3n) is 4.16. The van der Waals surface area contributed by atoms with E-state index in [4.69, 9.17) is 9.47 Å². The molecule has 1 aliphatic rings. The van der Waals surface area contributed by atoms with Crippen LogP contribution in [0.5, 0.6) is 11.5 Å². The van der Waals surface area contributed by atoms with Gasteiger partial charge in [-0.3, -0.25) is 9.59 Å². The van der Waals surface area contributed by atoms with Gasteiger partial charge >= 0.3 is 0 Å². The maximum Gasteiger partial charge on any atom is 0.251 e. The molecule has 136 valence electrons. The molecule has 0 spiro atoms. The van der Waals surface area contributed by atoms with E-state index in [1.54, 1.807) is 43.1 Å². The minimum atomic E-state index is -0.620. The number of nitrogens with one attached hydrogen (secondary N) is 1. The Labute approximate surface area is 152 Å². The van der Waals surface area contributed by atoms with E-state index in [-0.39, 0.29) is 11.8 Å². The Morgan fingerprint density at radius 1 is 1.08 bits per heavy atom. The lowest BCUT2D eigenvalue weighted by molar-refractivity contribution is -0.132. The van der Waals surface area contributed by atoms with Crippen LogP contribution in [-0.2, 0) is 11.3 Å². The summed E-state index contributed by atoms with van der Waals surface area (Å²) in [5.41, 5.74) is 1.47. The Morgan fingerprint density at radius 2 is 1.77 bits per heavy atom. The van der Waals surface area contributed by atoms with Crippen LogP contribution in [0.2, 0.25) is 0 Å². The largest absolute Gasteiger partial charge is 0.486 e. The molecule has 0 radical (unpaired) electrons. The standard InChI is InChI=1S/C20H22N2O4/c1-14(21-19(23)16-6-4-3-5-7-16)20(24)22(2)13-15-8-9-17-18(12-15)26-11-10-25-17/h3-9,12,14H,10-11,13H2,1-2H3,(H,21,23). The van der Waals surface area contributed by atoms with Gasteiger partial charge in [0.1, 0.15) is 19.3 Å². The van der Waals surface area contributed by atoms with Crippen LogP contribution in [-0.4, -0.2) is 43.0 Å². The highest BCUT2D eigenvalue weighted by Gasteiger charge is 2.21. The Balaban J connectivity index is 1.59. The smallest absolute Gasteiger partial charge is 0.251 e. The number of carbonyl (C=O) groups is 2. The third kappa shape index (κ3) is 4.14. The average Bonchev–Trinajstić information content (AvgIpc) is 2.67. The van der Waals surface area contributed by atoms with Crippen molar-refractivity contribution in [3.8, 4) is 11.5 Å². The van der Waals surface area contributed by atoms with Gasteiger partial charge in [0.05, 0.1) is 0 Å². The average molecular weight is 354 g/mol. The topological polar surface area (TPSA) is 67.9 Å². The second-order valence-corrected chi connectivity index (χ2v) is 6.23. The lowest BCUT2D eigenvalue weighted by Gasteiger charge is -2.23. The van der Waals surface area contributed by atoms with Crippen LogP contribution in [0.1, 0.15) is 22.8 Å². The molecule has 1 N–H and O–H groups in total. The lowest BCUT2D eigenvalue weighted by atomic mass is 10.1. The summed E-state index contributed by atoms with van der Waals surface area (Å²) in [6, 6.07) is 13.9. The van der Waals surface area contributed by atoms with Crippen molar-refractivity contribution in [3.05, 3.63) is 59.7 Å². The lowest BCUT2D eigenvalue weighted by Crippen LogP contribution is -2.45. The minimum absolute atomic E-state index is 0.163. The van der Waals surface area contributed by atoms with Crippen LogP contribution in [0, 0.1) is 0 Å². The van der Waals surface area contributed by atoms with Crippen molar-refractivity contribution in [2.75, 3.05) is 20.3 Å². The van der Waals surface area contributed by atoms with E-state index in [0.717, 1.165) is 11.3 Å². The summed E-state index contributed by atoms with van der Waals surface area (Å²) in [7, 11) is 1.71. The van der Waals surface area contributed by atoms with Gasteiger partial charge in [0.25, 0.3) is 5.91 Å². The second kappa shape index (κ2) is 7.91. The van der Waals surface area contributed by atoms with Crippen LogP contribution >= 0.6 is 0 Å². The first-order chi connectivity index (χ1) is 12.5. The molecular formula is C20H22N2O4. The predicted molar refractivity (Wildman–Crippen MR) is 97.3 cm³/mol. The van der Waals surface area contributed by atoms with Gasteiger partial charge in [0.2, 0.25) is 5.91 Å². The normalized spacial score (nSPS) is 13.6. The minimum Gasteiger partial charge on any atom is -0.486 e. The van der Waals surface area contributed by atoms with E-state index in [2.05, 4.69) is 5.32 Å². The number of nitrogens with zero attached hydrogens (tertiary/aromatic N) is 1. The Bertz CT molecular complexity index is 792. The van der Waals surface area contributed by atoms with Gasteiger partial charge in [-0.05, 0) is 36.8 Å². The molecule has 1 aliphatic heterocycles. The van der Waals surface area contributed by atoms with Crippen molar-refractivity contribution >= 4 is 11.8 Å².